The van der Waals surface area contributed by atoms with Crippen molar-refractivity contribution in [2.45, 2.75) is 13.8 Å². The lowest BCUT2D eigenvalue weighted by Gasteiger charge is -2.08. The zero-order chi connectivity index (χ0) is 17.3. The molecule has 0 saturated carbocycles. The second-order valence-electron chi connectivity index (χ2n) is 5.37. The highest BCUT2D eigenvalue weighted by atomic mass is 79.9. The summed E-state index contributed by atoms with van der Waals surface area (Å²) >= 11 is 3.18. The van der Waals surface area contributed by atoms with Crippen molar-refractivity contribution in [2.24, 2.45) is 0 Å². The molecule has 6 heteroatoms. The smallest absolute Gasteiger partial charge is 0.258 e. The first-order valence-electron chi connectivity index (χ1n) is 7.35. The molecule has 3 aromatic rings. The number of nitrogens with zero attached hydrogens (tertiary/aromatic N) is 2. The molecule has 1 amide bonds. The van der Waals surface area contributed by atoms with Crippen LogP contribution >= 0.6 is 15.9 Å². The number of aromatic nitrogens is 2. The van der Waals surface area contributed by atoms with Gasteiger partial charge in [-0.15, -0.1) is 0 Å². The van der Waals surface area contributed by atoms with Crippen LogP contribution < -0.4 is 5.32 Å². The van der Waals surface area contributed by atoms with E-state index in [9.17, 15) is 9.18 Å². The second kappa shape index (κ2) is 6.57. The zero-order valence-corrected chi connectivity index (χ0v) is 14.8. The number of nitrogens with one attached hydrogen (secondary N) is 1. The second-order valence-corrected chi connectivity index (χ2v) is 6.29. The first-order chi connectivity index (χ1) is 11.5. The van der Waals surface area contributed by atoms with E-state index in [1.165, 1.54) is 12.1 Å². The molecule has 1 aromatic heterocycles. The monoisotopic (exact) mass is 387 g/mol. The number of hydrogen-bond acceptors (Lipinski definition) is 2. The highest BCUT2D eigenvalue weighted by molar-refractivity contribution is 9.10. The average Bonchev–Trinajstić information content (AvgIpc) is 2.83. The van der Waals surface area contributed by atoms with Gasteiger partial charge in [-0.3, -0.25) is 4.79 Å². The lowest BCUT2D eigenvalue weighted by molar-refractivity contribution is 0.102. The molecule has 0 aliphatic rings. The van der Waals surface area contributed by atoms with Gasteiger partial charge in [-0.2, -0.15) is 5.10 Å². The third-order valence-corrected chi connectivity index (χ3v) is 4.20. The number of halogens is 2. The molecule has 2 aromatic carbocycles. The minimum Gasteiger partial charge on any atom is -0.319 e. The molecule has 24 heavy (non-hydrogen) atoms. The lowest BCUT2D eigenvalue weighted by atomic mass is 10.2. The molecule has 0 bridgehead atoms. The van der Waals surface area contributed by atoms with Gasteiger partial charge in [0.1, 0.15) is 5.82 Å². The maximum Gasteiger partial charge on any atom is 0.258 e. The summed E-state index contributed by atoms with van der Waals surface area (Å²) in [6.45, 7) is 3.67. The van der Waals surface area contributed by atoms with Crippen LogP contribution in [-0.2, 0) is 0 Å². The fourth-order valence-corrected chi connectivity index (χ4v) is 2.83. The number of carbonyl (C=O) groups is 1. The summed E-state index contributed by atoms with van der Waals surface area (Å²) in [5.41, 5.74) is 2.93. The number of aryl methyl sites for hydroxylation is 1. The normalized spacial score (nSPS) is 10.7. The largest absolute Gasteiger partial charge is 0.319 e. The Balaban J connectivity index is 1.93. The zero-order valence-electron chi connectivity index (χ0n) is 13.2. The van der Waals surface area contributed by atoms with Crippen molar-refractivity contribution in [1.82, 2.24) is 9.78 Å². The Morgan fingerprint density at radius 1 is 1.17 bits per heavy atom. The fourth-order valence-electron chi connectivity index (χ4n) is 2.50. The summed E-state index contributed by atoms with van der Waals surface area (Å²) in [5, 5.41) is 7.23. The third kappa shape index (κ3) is 3.10. The summed E-state index contributed by atoms with van der Waals surface area (Å²) in [4.78, 5) is 12.4. The Morgan fingerprint density at radius 3 is 2.54 bits per heavy atom. The molecule has 122 valence electrons. The molecule has 0 spiro atoms. The highest BCUT2D eigenvalue weighted by Crippen LogP contribution is 2.24. The van der Waals surface area contributed by atoms with Gasteiger partial charge in [-0.1, -0.05) is 34.1 Å². The van der Waals surface area contributed by atoms with Crippen LogP contribution in [0.2, 0.25) is 0 Å². The van der Waals surface area contributed by atoms with Gasteiger partial charge in [-0.05, 0) is 44.2 Å². The molecule has 0 atom stereocenters. The van der Waals surface area contributed by atoms with E-state index < -0.39 is 11.7 Å². The van der Waals surface area contributed by atoms with Crippen LogP contribution in [0.5, 0.6) is 0 Å². The predicted octanol–water partition coefficient (Wildman–Crippen LogP) is 4.64. The average molecular weight is 388 g/mol. The van der Waals surface area contributed by atoms with E-state index in [4.69, 9.17) is 0 Å². The first-order valence-corrected chi connectivity index (χ1v) is 8.14. The van der Waals surface area contributed by atoms with Crippen LogP contribution in [0, 0.1) is 19.7 Å². The molecule has 4 nitrogen and oxygen atoms in total. The van der Waals surface area contributed by atoms with Crippen LogP contribution in [0.1, 0.15) is 21.7 Å². The minimum atomic E-state index is -0.576. The van der Waals surface area contributed by atoms with Gasteiger partial charge in [0.25, 0.3) is 5.91 Å². The Morgan fingerprint density at radius 2 is 1.88 bits per heavy atom. The van der Waals surface area contributed by atoms with Crippen LogP contribution in [0.15, 0.2) is 53.0 Å². The maximum atomic E-state index is 14.0. The number of rotatable bonds is 3. The SMILES string of the molecule is Cc1nn(-c2ccccc2)c(C)c1NC(=O)c1ccc(Br)cc1F. The number of anilines is 1. The molecular weight excluding hydrogens is 373 g/mol. The van der Waals surface area contributed by atoms with Gasteiger partial charge in [0.2, 0.25) is 0 Å². The summed E-state index contributed by atoms with van der Waals surface area (Å²) in [7, 11) is 0. The lowest BCUT2D eigenvalue weighted by Crippen LogP contribution is -2.15. The van der Waals surface area contributed by atoms with Crippen molar-refractivity contribution in [2.75, 3.05) is 5.32 Å². The molecule has 0 aliphatic heterocycles. The number of benzene rings is 2. The van der Waals surface area contributed by atoms with Crippen molar-refractivity contribution in [1.29, 1.82) is 0 Å². The molecular formula is C18H15BrFN3O. The summed E-state index contributed by atoms with van der Waals surface area (Å²) in [6, 6.07) is 14.0. The summed E-state index contributed by atoms with van der Waals surface area (Å²) < 4.78 is 16.3. The van der Waals surface area contributed by atoms with Crippen molar-refractivity contribution in [3.05, 3.63) is 75.8 Å². The van der Waals surface area contributed by atoms with Gasteiger partial charge >= 0.3 is 0 Å². The summed E-state index contributed by atoms with van der Waals surface area (Å²) in [6.07, 6.45) is 0. The van der Waals surface area contributed by atoms with Gasteiger partial charge in [-0.25, -0.2) is 9.07 Å². The third-order valence-electron chi connectivity index (χ3n) is 3.71. The predicted molar refractivity (Wildman–Crippen MR) is 95.1 cm³/mol. The number of hydrogen-bond donors (Lipinski definition) is 1. The highest BCUT2D eigenvalue weighted by Gasteiger charge is 2.18. The van der Waals surface area contributed by atoms with Crippen LogP contribution in [-0.4, -0.2) is 15.7 Å². The van der Waals surface area contributed by atoms with E-state index in [1.54, 1.807) is 17.7 Å². The van der Waals surface area contributed by atoms with Crippen LogP contribution in [0.3, 0.4) is 0 Å². The summed E-state index contributed by atoms with van der Waals surface area (Å²) in [5.74, 6) is -1.08. The first kappa shape index (κ1) is 16.4. The van der Waals surface area contributed by atoms with E-state index in [0.717, 1.165) is 11.4 Å². The van der Waals surface area contributed by atoms with Crippen molar-refractivity contribution in [3.8, 4) is 5.69 Å². The van der Waals surface area contributed by atoms with Gasteiger partial charge in [0.15, 0.2) is 0 Å². The fraction of sp³-hybridized carbons (Fsp3) is 0.111. The van der Waals surface area contributed by atoms with Gasteiger partial charge < -0.3 is 5.32 Å². The molecule has 0 unspecified atom stereocenters. The molecule has 0 fully saturated rings. The van der Waals surface area contributed by atoms with E-state index >= 15 is 0 Å². The van der Waals surface area contributed by atoms with Gasteiger partial charge in [0.05, 0.1) is 28.3 Å². The molecule has 1 heterocycles. The van der Waals surface area contributed by atoms with Crippen LogP contribution in [0.4, 0.5) is 10.1 Å². The Labute approximate surface area is 147 Å². The van der Waals surface area contributed by atoms with Crippen molar-refractivity contribution in [3.63, 3.8) is 0 Å². The molecule has 0 aliphatic carbocycles. The Bertz CT molecular complexity index is 906. The quantitative estimate of drug-likeness (QED) is 0.711. The standard InChI is InChI=1S/C18H15BrFN3O/c1-11-17(12(2)23(22-11)14-6-4-3-5-7-14)21-18(24)15-9-8-13(19)10-16(15)20/h3-10H,1-2H3,(H,21,24). The van der Waals surface area contributed by atoms with Crippen LogP contribution in [0.25, 0.3) is 5.69 Å². The maximum absolute atomic E-state index is 14.0. The van der Waals surface area contributed by atoms with E-state index in [2.05, 4.69) is 26.3 Å². The molecule has 3 rings (SSSR count). The molecule has 0 radical (unpaired) electrons. The number of para-hydroxylation sites is 1. The molecule has 0 saturated heterocycles. The number of carbonyl (C=O) groups excluding carboxylic acids is 1. The van der Waals surface area contributed by atoms with Crippen molar-refractivity contribution < 1.29 is 9.18 Å². The number of amides is 1. The van der Waals surface area contributed by atoms with E-state index in [0.29, 0.717) is 15.9 Å². The minimum absolute atomic E-state index is 0.00976. The van der Waals surface area contributed by atoms with Crippen molar-refractivity contribution >= 4 is 27.5 Å². The van der Waals surface area contributed by atoms with E-state index in [-0.39, 0.29) is 5.56 Å². The van der Waals surface area contributed by atoms with E-state index in [1.807, 2.05) is 37.3 Å². The van der Waals surface area contributed by atoms with Gasteiger partial charge in [0, 0.05) is 4.47 Å². The Kier molecular flexibility index (Phi) is 4.49. The molecule has 1 N–H and O–H groups in total. The topological polar surface area (TPSA) is 46.9 Å². The Hall–Kier alpha value is -2.47.